The molecule has 0 aromatic heterocycles. The van der Waals surface area contributed by atoms with Gasteiger partial charge in [0, 0.05) is 17.4 Å². The van der Waals surface area contributed by atoms with Crippen LogP contribution in [0.25, 0.3) is 0 Å². The molecule has 0 aliphatic carbocycles. The van der Waals surface area contributed by atoms with Gasteiger partial charge in [-0.2, -0.15) is 0 Å². The number of esters is 1. The first-order chi connectivity index (χ1) is 12.0. The molecular weight excluding hydrogens is 384 g/mol. The highest BCUT2D eigenvalue weighted by atomic mass is 79.9. The van der Waals surface area contributed by atoms with Gasteiger partial charge < -0.3 is 14.2 Å². The molecule has 1 aliphatic heterocycles. The Balaban J connectivity index is 0.000000257. The molecular formula is C20H31BrO4. The van der Waals surface area contributed by atoms with E-state index in [-0.39, 0.29) is 5.97 Å². The van der Waals surface area contributed by atoms with Crippen molar-refractivity contribution < 1.29 is 19.0 Å². The van der Waals surface area contributed by atoms with Crippen LogP contribution < -0.4 is 0 Å². The predicted molar refractivity (Wildman–Crippen MR) is 105 cm³/mol. The Bertz CT molecular complexity index is 483. The number of rotatable bonds is 9. The molecule has 1 aromatic rings. The number of unbranched alkanes of at least 4 members (excludes halogenated alkanes) is 3. The van der Waals surface area contributed by atoms with Crippen LogP contribution in [-0.4, -0.2) is 44.8 Å². The second kappa shape index (κ2) is 12.4. The molecule has 1 heterocycles. The Kier molecular flexibility index (Phi) is 11.0. The summed E-state index contributed by atoms with van der Waals surface area (Å²) in [4.78, 5) is 10.9. The van der Waals surface area contributed by atoms with Crippen LogP contribution in [0, 0.1) is 12.3 Å². The second-order valence-corrected chi connectivity index (χ2v) is 7.61. The van der Waals surface area contributed by atoms with Gasteiger partial charge >= 0.3 is 5.97 Å². The summed E-state index contributed by atoms with van der Waals surface area (Å²) in [6, 6.07) is 7.26. The molecule has 1 saturated heterocycles. The largest absolute Gasteiger partial charge is 0.465 e. The first kappa shape index (κ1) is 22.1. The van der Waals surface area contributed by atoms with Gasteiger partial charge in [-0.25, -0.2) is 4.79 Å². The topological polar surface area (TPSA) is 44.8 Å². The van der Waals surface area contributed by atoms with Crippen LogP contribution in [0.15, 0.2) is 24.3 Å². The van der Waals surface area contributed by atoms with Crippen molar-refractivity contribution in [3.63, 3.8) is 0 Å². The first-order valence-corrected chi connectivity index (χ1v) is 9.99. The Morgan fingerprint density at radius 3 is 2.32 bits per heavy atom. The summed E-state index contributed by atoms with van der Waals surface area (Å²) in [6.07, 6.45) is 5.09. The van der Waals surface area contributed by atoms with E-state index in [9.17, 15) is 4.79 Å². The lowest BCUT2D eigenvalue weighted by atomic mass is 9.90. The summed E-state index contributed by atoms with van der Waals surface area (Å²) >= 11 is 3.43. The van der Waals surface area contributed by atoms with E-state index in [1.807, 2.05) is 19.1 Å². The molecule has 0 N–H and O–H groups in total. The van der Waals surface area contributed by atoms with Crippen LogP contribution in [0.5, 0.6) is 0 Å². The van der Waals surface area contributed by atoms with Gasteiger partial charge in [-0.15, -0.1) is 0 Å². The molecule has 142 valence electrons. The molecule has 25 heavy (non-hydrogen) atoms. The normalized spacial score (nSPS) is 14.9. The van der Waals surface area contributed by atoms with Gasteiger partial charge in [-0.05, 0) is 31.9 Å². The van der Waals surface area contributed by atoms with Gasteiger partial charge in [0.15, 0.2) is 0 Å². The summed E-state index contributed by atoms with van der Waals surface area (Å²) in [5.74, 6) is -0.287. The minimum Gasteiger partial charge on any atom is -0.465 e. The average molecular weight is 415 g/mol. The van der Waals surface area contributed by atoms with Gasteiger partial charge in [-0.3, -0.25) is 0 Å². The molecule has 0 amide bonds. The van der Waals surface area contributed by atoms with E-state index < -0.39 is 0 Å². The monoisotopic (exact) mass is 414 g/mol. The number of ether oxygens (including phenoxy) is 3. The van der Waals surface area contributed by atoms with Crippen molar-refractivity contribution in [1.29, 1.82) is 0 Å². The number of carbonyl (C=O) groups excluding carboxylic acids is 1. The quantitative estimate of drug-likeness (QED) is 0.331. The van der Waals surface area contributed by atoms with Crippen molar-refractivity contribution in [2.75, 3.05) is 38.9 Å². The number of benzene rings is 1. The number of carbonyl (C=O) groups is 1. The Morgan fingerprint density at radius 2 is 1.80 bits per heavy atom. The van der Waals surface area contributed by atoms with Crippen LogP contribution >= 0.6 is 15.9 Å². The molecule has 5 heteroatoms. The van der Waals surface area contributed by atoms with Crippen molar-refractivity contribution in [3.8, 4) is 0 Å². The highest BCUT2D eigenvalue weighted by Crippen LogP contribution is 2.26. The van der Waals surface area contributed by atoms with Crippen molar-refractivity contribution in [2.24, 2.45) is 5.41 Å². The van der Waals surface area contributed by atoms with E-state index in [2.05, 4.69) is 27.6 Å². The zero-order valence-corrected chi connectivity index (χ0v) is 17.3. The molecule has 0 atom stereocenters. The Labute approximate surface area is 160 Å². The van der Waals surface area contributed by atoms with Gasteiger partial charge in [0.2, 0.25) is 0 Å². The molecule has 4 nitrogen and oxygen atoms in total. The molecule has 0 bridgehead atoms. The van der Waals surface area contributed by atoms with Crippen LogP contribution in [0.1, 0.15) is 48.5 Å². The third-order valence-electron chi connectivity index (χ3n) is 4.00. The molecule has 0 unspecified atom stereocenters. The fourth-order valence-electron chi connectivity index (χ4n) is 2.31. The van der Waals surface area contributed by atoms with Crippen LogP contribution in [0.4, 0.5) is 0 Å². The zero-order valence-electron chi connectivity index (χ0n) is 15.7. The van der Waals surface area contributed by atoms with Crippen molar-refractivity contribution in [1.82, 2.24) is 0 Å². The molecule has 1 aromatic carbocycles. The summed E-state index contributed by atoms with van der Waals surface area (Å²) in [6.45, 7) is 7.72. The number of hydrogen-bond acceptors (Lipinski definition) is 4. The van der Waals surface area contributed by atoms with E-state index >= 15 is 0 Å². The number of halogens is 1. The van der Waals surface area contributed by atoms with E-state index in [1.54, 1.807) is 12.1 Å². The minimum absolute atomic E-state index is 0.287. The van der Waals surface area contributed by atoms with Gasteiger partial charge in [0.05, 0.1) is 32.5 Å². The van der Waals surface area contributed by atoms with Crippen LogP contribution in [0.3, 0.4) is 0 Å². The number of hydrogen-bond donors (Lipinski definition) is 0. The number of alkyl halides is 1. The van der Waals surface area contributed by atoms with E-state index in [0.717, 1.165) is 37.3 Å². The Hall–Kier alpha value is -0.910. The summed E-state index contributed by atoms with van der Waals surface area (Å²) in [5, 5.41) is 1.13. The summed E-state index contributed by atoms with van der Waals surface area (Å²) in [5.41, 5.74) is 2.05. The van der Waals surface area contributed by atoms with Gasteiger partial charge in [0.1, 0.15) is 0 Å². The minimum atomic E-state index is -0.287. The lowest BCUT2D eigenvalue weighted by Gasteiger charge is -2.37. The molecule has 1 fully saturated rings. The highest BCUT2D eigenvalue weighted by molar-refractivity contribution is 9.09. The van der Waals surface area contributed by atoms with Gasteiger partial charge in [-0.1, -0.05) is 53.4 Å². The van der Waals surface area contributed by atoms with Crippen molar-refractivity contribution in [3.05, 3.63) is 35.4 Å². The molecule has 0 spiro atoms. The molecule has 0 radical (unpaired) electrons. The fourth-order valence-corrected chi connectivity index (χ4v) is 2.71. The summed E-state index contributed by atoms with van der Waals surface area (Å²) < 4.78 is 15.3. The molecule has 1 aliphatic rings. The SMILES string of the molecule is CC1(COCCCCCCBr)COC1.COC(=O)c1ccc(C)cc1. The predicted octanol–water partition coefficient (Wildman–Crippen LogP) is 4.78. The first-order valence-electron chi connectivity index (χ1n) is 8.87. The fraction of sp³-hybridized carbons (Fsp3) is 0.650. The van der Waals surface area contributed by atoms with E-state index in [4.69, 9.17) is 9.47 Å². The lowest BCUT2D eigenvalue weighted by Crippen LogP contribution is -2.43. The third-order valence-corrected chi connectivity index (χ3v) is 4.56. The maximum Gasteiger partial charge on any atom is 0.337 e. The maximum absolute atomic E-state index is 10.9. The van der Waals surface area contributed by atoms with Crippen LogP contribution in [-0.2, 0) is 14.2 Å². The smallest absolute Gasteiger partial charge is 0.337 e. The number of aryl methyl sites for hydroxylation is 1. The van der Waals surface area contributed by atoms with E-state index in [0.29, 0.717) is 11.0 Å². The third kappa shape index (κ3) is 9.38. The Morgan fingerprint density at radius 1 is 1.16 bits per heavy atom. The van der Waals surface area contributed by atoms with Gasteiger partial charge in [0.25, 0.3) is 0 Å². The van der Waals surface area contributed by atoms with Crippen molar-refractivity contribution >= 4 is 21.9 Å². The average Bonchev–Trinajstić information content (AvgIpc) is 2.60. The van der Waals surface area contributed by atoms with Crippen LogP contribution in [0.2, 0.25) is 0 Å². The molecule has 0 saturated carbocycles. The maximum atomic E-state index is 10.9. The standard InChI is InChI=1S/C11H21BrO2.C9H10O2/c1-11(9-14-10-11)8-13-7-5-3-2-4-6-12;1-7-3-5-8(6-4-7)9(10)11-2/h2-10H2,1H3;3-6H,1-2H3. The second-order valence-electron chi connectivity index (χ2n) is 6.82. The van der Waals surface area contributed by atoms with Crippen molar-refractivity contribution in [2.45, 2.75) is 39.5 Å². The van der Waals surface area contributed by atoms with E-state index in [1.165, 1.54) is 32.8 Å². The summed E-state index contributed by atoms with van der Waals surface area (Å²) in [7, 11) is 1.38. The highest BCUT2D eigenvalue weighted by Gasteiger charge is 2.33. The number of methoxy groups -OCH3 is 1. The molecule has 2 rings (SSSR count). The lowest BCUT2D eigenvalue weighted by molar-refractivity contribution is -0.137. The zero-order chi connectivity index (χ0) is 18.5.